The molecule has 0 amide bonds. The predicted octanol–water partition coefficient (Wildman–Crippen LogP) is 23.0. The Morgan fingerprint density at radius 2 is 0.813 bits per heavy atom. The van der Waals surface area contributed by atoms with Crippen molar-refractivity contribution in [1.29, 1.82) is 0 Å². The second-order valence-corrected chi connectivity index (χ2v) is 31.5. The molecule has 592 valence electrons. The Kier molecular flexibility index (Phi) is 37.4. The fourth-order valence-corrected chi connectivity index (χ4v) is 16.2. The van der Waals surface area contributed by atoms with Gasteiger partial charge in [-0.05, 0) is 175 Å². The van der Waals surface area contributed by atoms with Gasteiger partial charge in [0, 0.05) is 46.5 Å². The van der Waals surface area contributed by atoms with Crippen LogP contribution in [-0.2, 0) is 42.7 Å². The van der Waals surface area contributed by atoms with Crippen molar-refractivity contribution in [2.45, 2.75) is 295 Å². The summed E-state index contributed by atoms with van der Waals surface area (Å²) in [6, 6.07) is 23.3. The van der Waals surface area contributed by atoms with Gasteiger partial charge in [-0.2, -0.15) is 0 Å². The van der Waals surface area contributed by atoms with Crippen LogP contribution in [0.2, 0.25) is 0 Å². The number of halogens is 2. The van der Waals surface area contributed by atoms with Crippen LogP contribution in [0.15, 0.2) is 96.0 Å². The van der Waals surface area contributed by atoms with Crippen LogP contribution in [0, 0.1) is 43.9 Å². The van der Waals surface area contributed by atoms with E-state index in [9.17, 15) is 29.8 Å². The molecule has 4 N–H and O–H groups in total. The zero-order chi connectivity index (χ0) is 76.5. The van der Waals surface area contributed by atoms with E-state index in [1.165, 1.54) is 62.5 Å². The number of hydrogen-bond donors (Lipinski definition) is 2. The summed E-state index contributed by atoms with van der Waals surface area (Å²) in [5.74, 6) is 0.827. The van der Waals surface area contributed by atoms with E-state index < -0.39 is 36.7 Å². The molecule has 8 unspecified atom stereocenters. The minimum atomic E-state index is -1.01. The van der Waals surface area contributed by atoms with E-state index in [-0.39, 0.29) is 90.1 Å². The number of rotatable bonds is 48. The highest BCUT2D eigenvalue weighted by molar-refractivity contribution is 6.41. The largest absolute Gasteiger partial charge is 0.494 e. The van der Waals surface area contributed by atoms with Gasteiger partial charge in [0.2, 0.25) is 0 Å². The van der Waals surface area contributed by atoms with E-state index >= 15 is 0 Å². The molecule has 4 fully saturated rings. The Labute approximate surface area is 647 Å². The van der Waals surface area contributed by atoms with Gasteiger partial charge in [0.1, 0.15) is 21.6 Å². The average molecular weight is 1520 g/mol. The number of anilines is 2. The number of carbonyl (C=O) groups excluding carboxylic acids is 2. The van der Waals surface area contributed by atoms with E-state index in [0.29, 0.717) is 87.8 Å². The van der Waals surface area contributed by atoms with Crippen molar-refractivity contribution < 1.29 is 62.1 Å². The molecule has 8 rings (SSSR count). The maximum atomic E-state index is 13.6. The first-order valence-corrected chi connectivity index (χ1v) is 41.4. The summed E-state index contributed by atoms with van der Waals surface area (Å²) in [7, 11) is 0. The fourth-order valence-electron chi connectivity index (χ4n) is 16.1. The Morgan fingerprint density at radius 3 is 1.14 bits per heavy atom. The second-order valence-electron chi connectivity index (χ2n) is 30.6. The first kappa shape index (κ1) is 86.3. The maximum Gasteiger partial charge on any atom is 0.349 e. The van der Waals surface area contributed by atoms with E-state index in [2.05, 4.69) is 51.3 Å². The monoisotopic (exact) mass is 1520 g/mol. The van der Waals surface area contributed by atoms with Crippen LogP contribution < -0.4 is 20.9 Å². The minimum absolute atomic E-state index is 0.111. The SMILES string of the molecule is C=C(Cl)C(=O)OCCCCCCCCOc1ccc(C2CCC(C(OC(c3cc([N+](=O)[O-])c(C4OCC(CCCCCCCC)C(C)O4)cc3N)C3CCC(c4ccc(OCCCCCCCCOC(=O)C(=C)Cl)cc4)CC3)c3cc([N+](=O)[O-])c(C4OCC(CCCCCCCC)C(C)O4)cc3N)CC2)cc1. The van der Waals surface area contributed by atoms with Gasteiger partial charge in [0.15, 0.2) is 12.6 Å². The Hall–Kier alpha value is -6.32. The van der Waals surface area contributed by atoms with Gasteiger partial charge in [-0.15, -0.1) is 0 Å². The molecule has 0 aromatic heterocycles. The van der Waals surface area contributed by atoms with E-state index in [1.807, 2.05) is 38.1 Å². The van der Waals surface area contributed by atoms with Crippen molar-refractivity contribution in [2.75, 3.05) is 51.1 Å². The highest BCUT2D eigenvalue weighted by Crippen LogP contribution is 2.53. The number of nitrogens with two attached hydrogens (primary N) is 2. The Balaban J connectivity index is 1.03. The summed E-state index contributed by atoms with van der Waals surface area (Å²) in [5.41, 5.74) is 18.8. The molecule has 4 aromatic rings. The van der Waals surface area contributed by atoms with Gasteiger partial charge < -0.3 is 54.1 Å². The van der Waals surface area contributed by atoms with Crippen molar-refractivity contribution in [2.24, 2.45) is 23.7 Å². The number of carbonyl (C=O) groups is 2. The van der Waals surface area contributed by atoms with Crippen LogP contribution in [0.3, 0.4) is 0 Å². The van der Waals surface area contributed by atoms with E-state index in [4.69, 9.17) is 77.3 Å². The van der Waals surface area contributed by atoms with Crippen molar-refractivity contribution in [3.05, 3.63) is 150 Å². The third kappa shape index (κ3) is 27.6. The third-order valence-electron chi connectivity index (χ3n) is 22.7. The molecule has 2 saturated heterocycles. The van der Waals surface area contributed by atoms with Gasteiger partial charge in [-0.25, -0.2) is 9.59 Å². The topological polar surface area (TPSA) is 256 Å². The van der Waals surface area contributed by atoms with Crippen LogP contribution in [0.1, 0.15) is 316 Å². The molecule has 2 heterocycles. The van der Waals surface area contributed by atoms with Crippen molar-refractivity contribution >= 4 is 57.9 Å². The smallest absolute Gasteiger partial charge is 0.349 e. The lowest BCUT2D eigenvalue weighted by atomic mass is 9.73. The molecular formula is C86H124Cl2N4O15. The molecule has 0 radical (unpaired) electrons. The minimum Gasteiger partial charge on any atom is -0.494 e. The number of nitro benzene ring substituents is 2. The standard InChI is InChI=1S/C86H124Cl2N4O15/c1-7-9-11-13-19-25-31-69-57-103-85(105-61(69)5)75-53-77(89)73(55-79(75)91(95)96)81(67-37-33-63(34-38-67)65-41-45-71(46-42-65)99-49-27-21-15-17-23-29-51-101-83(93)59(3)87)107-82(74-56-80(92(97)98)76(54-78(74)90)86-104-58-70(62(6)106-86)32-26-20-14-12-10-8-2)68-39-35-64(36-40-68)66-43-47-72(48-44-66)100-50-28-22-16-18-24-30-52-102-84(94)60(4)88/h41-48,53-56,61-64,67-70,81-82,85-86H,3-4,7-40,49-52,57-58,89-90H2,1-2,5-6H3. The number of nitrogen functional groups attached to an aromatic ring is 2. The van der Waals surface area contributed by atoms with Crippen molar-refractivity contribution in [1.82, 2.24) is 0 Å². The highest BCUT2D eigenvalue weighted by Gasteiger charge is 2.42. The van der Waals surface area contributed by atoms with Crippen molar-refractivity contribution in [3.63, 3.8) is 0 Å². The number of unbranched alkanes of at least 4 members (excludes halogenated alkanes) is 20. The van der Waals surface area contributed by atoms with Gasteiger partial charge in [-0.1, -0.05) is 203 Å². The molecule has 0 bridgehead atoms. The number of ether oxygens (including phenoxy) is 9. The molecule has 107 heavy (non-hydrogen) atoms. The Morgan fingerprint density at radius 1 is 0.486 bits per heavy atom. The first-order chi connectivity index (χ1) is 51.8. The second kappa shape index (κ2) is 46.4. The maximum absolute atomic E-state index is 13.6. The van der Waals surface area contributed by atoms with Gasteiger partial charge in [0.25, 0.3) is 11.4 Å². The van der Waals surface area contributed by atoms with Crippen LogP contribution in [0.4, 0.5) is 22.7 Å². The number of hydrogen-bond acceptors (Lipinski definition) is 17. The molecule has 4 aliphatic rings. The van der Waals surface area contributed by atoms with Gasteiger partial charge >= 0.3 is 11.9 Å². The quantitative estimate of drug-likeness (QED) is 0.0104. The number of esters is 2. The van der Waals surface area contributed by atoms with E-state index in [0.717, 1.165) is 153 Å². The van der Waals surface area contributed by atoms with Crippen LogP contribution in [-0.4, -0.2) is 73.6 Å². The molecule has 4 aromatic carbocycles. The molecule has 2 aliphatic carbocycles. The lowest BCUT2D eigenvalue weighted by Gasteiger charge is -2.41. The molecule has 8 atom stereocenters. The van der Waals surface area contributed by atoms with Crippen LogP contribution in [0.25, 0.3) is 0 Å². The highest BCUT2D eigenvalue weighted by atomic mass is 35.5. The molecule has 21 heteroatoms. The average Bonchev–Trinajstić information content (AvgIpc) is 0.770. The van der Waals surface area contributed by atoms with Crippen molar-refractivity contribution in [3.8, 4) is 11.5 Å². The molecular weight excluding hydrogens is 1400 g/mol. The van der Waals surface area contributed by atoms with Crippen LogP contribution >= 0.6 is 23.2 Å². The summed E-state index contributed by atoms with van der Waals surface area (Å²) >= 11 is 11.2. The number of nitro groups is 2. The lowest BCUT2D eigenvalue weighted by molar-refractivity contribution is -0.388. The first-order valence-electron chi connectivity index (χ1n) is 40.7. The Bertz CT molecular complexity index is 3160. The summed E-state index contributed by atoms with van der Waals surface area (Å²) in [6.07, 6.45) is 29.4. The summed E-state index contributed by atoms with van der Waals surface area (Å²) in [6.45, 7) is 18.0. The van der Waals surface area contributed by atoms with Gasteiger partial charge in [0.05, 0.1) is 85.0 Å². The molecule has 0 spiro atoms. The van der Waals surface area contributed by atoms with E-state index in [1.54, 1.807) is 24.3 Å². The van der Waals surface area contributed by atoms with Gasteiger partial charge in [-0.3, -0.25) is 20.2 Å². The number of nitrogens with zero attached hydrogens (tertiary/aromatic N) is 2. The predicted molar refractivity (Wildman–Crippen MR) is 424 cm³/mol. The number of benzene rings is 4. The summed E-state index contributed by atoms with van der Waals surface area (Å²) < 4.78 is 56.3. The zero-order valence-corrected chi connectivity index (χ0v) is 66.0. The summed E-state index contributed by atoms with van der Waals surface area (Å²) in [4.78, 5) is 49.6. The molecule has 19 nitrogen and oxygen atoms in total. The lowest BCUT2D eigenvalue weighted by Crippen LogP contribution is -2.34. The van der Waals surface area contributed by atoms with Crippen LogP contribution in [0.5, 0.6) is 11.5 Å². The zero-order valence-electron chi connectivity index (χ0n) is 64.5. The molecule has 2 saturated carbocycles. The fraction of sp³-hybridized carbons (Fsp3) is 0.651. The summed E-state index contributed by atoms with van der Waals surface area (Å²) in [5, 5.41) is 27.0. The third-order valence-corrected chi connectivity index (χ3v) is 23.0. The molecule has 2 aliphatic heterocycles. The normalized spacial score (nSPS) is 22.3.